The van der Waals surface area contributed by atoms with Crippen molar-refractivity contribution in [3.63, 3.8) is 0 Å². The van der Waals surface area contributed by atoms with Gasteiger partial charge in [-0.2, -0.15) is 0 Å². The molecule has 0 spiro atoms. The van der Waals surface area contributed by atoms with Gasteiger partial charge >= 0.3 is 5.97 Å². The monoisotopic (exact) mass is 366 g/mol. The van der Waals surface area contributed by atoms with Crippen LogP contribution in [-0.2, 0) is 9.59 Å². The summed E-state index contributed by atoms with van der Waals surface area (Å²) >= 11 is 0. The molecule has 0 amide bonds. The number of carboxylic acids is 1. The summed E-state index contributed by atoms with van der Waals surface area (Å²) in [7, 11) is 0. The molecule has 1 aliphatic carbocycles. The van der Waals surface area contributed by atoms with E-state index in [1.807, 2.05) is 6.08 Å². The second kappa shape index (κ2) is 13.1. The smallest absolute Gasteiger partial charge is 0.303 e. The maximum Gasteiger partial charge on any atom is 0.303 e. The van der Waals surface area contributed by atoms with Gasteiger partial charge in [0.2, 0.25) is 0 Å². The Hall–Kier alpha value is -1.16. The average molecular weight is 367 g/mol. The summed E-state index contributed by atoms with van der Waals surface area (Å²) in [6.07, 6.45) is 14.3. The van der Waals surface area contributed by atoms with Crippen LogP contribution in [0.2, 0.25) is 0 Å². The Labute approximate surface area is 159 Å². The molecular weight excluding hydrogens is 328 g/mol. The van der Waals surface area contributed by atoms with Crippen molar-refractivity contribution in [1.29, 1.82) is 0 Å². The summed E-state index contributed by atoms with van der Waals surface area (Å²) in [5.74, 6) is 0.297. The lowest BCUT2D eigenvalue weighted by Gasteiger charge is -2.20. The van der Waals surface area contributed by atoms with Gasteiger partial charge in [0.05, 0.1) is 6.10 Å². The molecule has 4 heteroatoms. The van der Waals surface area contributed by atoms with Gasteiger partial charge < -0.3 is 10.2 Å². The minimum atomic E-state index is -0.732. The maximum atomic E-state index is 12.2. The first-order chi connectivity index (χ1) is 12.5. The van der Waals surface area contributed by atoms with Crippen molar-refractivity contribution in [2.45, 2.75) is 97.0 Å². The van der Waals surface area contributed by atoms with Crippen molar-refractivity contribution < 1.29 is 19.8 Å². The third-order valence-electron chi connectivity index (χ3n) is 5.80. The summed E-state index contributed by atoms with van der Waals surface area (Å²) in [6.45, 7) is 4.30. The van der Waals surface area contributed by atoms with Gasteiger partial charge in [-0.05, 0) is 37.5 Å². The van der Waals surface area contributed by atoms with Crippen LogP contribution < -0.4 is 0 Å². The average Bonchev–Trinajstić information content (AvgIpc) is 2.96. The Morgan fingerprint density at radius 2 is 1.92 bits per heavy atom. The van der Waals surface area contributed by atoms with Crippen LogP contribution in [0, 0.1) is 17.8 Å². The number of aliphatic hydroxyl groups excluding tert-OH is 1. The molecule has 1 aliphatic rings. The lowest BCUT2D eigenvalue weighted by atomic mass is 9.87. The molecular formula is C22H38O4. The molecule has 1 saturated carbocycles. The fourth-order valence-electron chi connectivity index (χ4n) is 4.03. The van der Waals surface area contributed by atoms with Gasteiger partial charge in [-0.25, -0.2) is 0 Å². The minimum absolute atomic E-state index is 0.0913. The summed E-state index contributed by atoms with van der Waals surface area (Å²) in [4.78, 5) is 22.7. The van der Waals surface area contributed by atoms with E-state index in [0.29, 0.717) is 18.1 Å². The van der Waals surface area contributed by atoms with Crippen LogP contribution in [0.25, 0.3) is 0 Å². The van der Waals surface area contributed by atoms with Crippen molar-refractivity contribution in [3.8, 4) is 0 Å². The van der Waals surface area contributed by atoms with Crippen molar-refractivity contribution in [3.05, 3.63) is 12.2 Å². The van der Waals surface area contributed by atoms with E-state index in [1.165, 1.54) is 0 Å². The third-order valence-corrected chi connectivity index (χ3v) is 5.80. The number of aliphatic hydroxyl groups is 1. The number of hydrogen-bond acceptors (Lipinski definition) is 3. The van der Waals surface area contributed by atoms with Crippen LogP contribution in [0.15, 0.2) is 12.2 Å². The van der Waals surface area contributed by atoms with Crippen LogP contribution in [0.5, 0.6) is 0 Å². The number of carboxylic acid groups (broad SMARTS) is 1. The summed E-state index contributed by atoms with van der Waals surface area (Å²) in [5.41, 5.74) is 0. The van der Waals surface area contributed by atoms with Gasteiger partial charge in [0, 0.05) is 18.8 Å². The molecule has 1 rings (SSSR count). The van der Waals surface area contributed by atoms with Crippen molar-refractivity contribution in [2.75, 3.05) is 0 Å². The van der Waals surface area contributed by atoms with E-state index >= 15 is 0 Å². The molecule has 150 valence electrons. The van der Waals surface area contributed by atoms with Gasteiger partial charge in [-0.1, -0.05) is 64.5 Å². The van der Waals surface area contributed by atoms with Crippen LogP contribution >= 0.6 is 0 Å². The molecule has 4 atom stereocenters. The second-order valence-electron chi connectivity index (χ2n) is 7.81. The number of carbonyl (C=O) groups is 2. The van der Waals surface area contributed by atoms with E-state index in [9.17, 15) is 14.7 Å². The van der Waals surface area contributed by atoms with Gasteiger partial charge in [-0.15, -0.1) is 0 Å². The highest BCUT2D eigenvalue weighted by molar-refractivity contribution is 5.83. The lowest BCUT2D eigenvalue weighted by Crippen LogP contribution is -2.19. The zero-order valence-electron chi connectivity index (χ0n) is 16.7. The van der Waals surface area contributed by atoms with Crippen LogP contribution in [0.3, 0.4) is 0 Å². The summed E-state index contributed by atoms with van der Waals surface area (Å²) in [6, 6.07) is 0. The summed E-state index contributed by atoms with van der Waals surface area (Å²) < 4.78 is 0. The molecule has 26 heavy (non-hydrogen) atoms. The van der Waals surface area contributed by atoms with E-state index < -0.39 is 12.1 Å². The number of allylic oxidation sites excluding steroid dienone is 1. The molecule has 0 aliphatic heterocycles. The Kier molecular flexibility index (Phi) is 11.5. The van der Waals surface area contributed by atoms with Crippen LogP contribution in [-0.4, -0.2) is 28.1 Å². The minimum Gasteiger partial charge on any atom is -0.481 e. The molecule has 4 nitrogen and oxygen atoms in total. The number of hydrogen-bond donors (Lipinski definition) is 2. The highest BCUT2D eigenvalue weighted by Crippen LogP contribution is 2.34. The first kappa shape index (κ1) is 22.9. The first-order valence-corrected chi connectivity index (χ1v) is 10.6. The first-order valence-electron chi connectivity index (χ1n) is 10.6. The normalized spacial score (nSPS) is 22.8. The maximum absolute atomic E-state index is 12.2. The van der Waals surface area contributed by atoms with E-state index in [2.05, 4.69) is 19.9 Å². The Bertz CT molecular complexity index is 443. The molecule has 0 heterocycles. The van der Waals surface area contributed by atoms with Gasteiger partial charge in [-0.3, -0.25) is 9.59 Å². The standard InChI is InChI=1S/C22H38O4/c1-3-5-10-17(4-2)20(23)15-13-18-14-16-21(24)19(18)11-8-6-7-9-12-22(25)26/h13,15,17-20,23H,3-12,14,16H2,1-2H3,(H,25,26)/b15-13+/t17?,18?,19-,20+/m1/s1. The van der Waals surface area contributed by atoms with Gasteiger partial charge in [0.15, 0.2) is 0 Å². The number of ketones is 1. The van der Waals surface area contributed by atoms with Gasteiger partial charge in [0.1, 0.15) is 5.78 Å². The number of unbranched alkanes of at least 4 members (excludes halogenated alkanes) is 4. The molecule has 0 aromatic heterocycles. The third kappa shape index (κ3) is 8.48. The van der Waals surface area contributed by atoms with Crippen LogP contribution in [0.1, 0.15) is 90.9 Å². The fraction of sp³-hybridized carbons (Fsp3) is 0.818. The largest absolute Gasteiger partial charge is 0.481 e. The molecule has 0 radical (unpaired) electrons. The van der Waals surface area contributed by atoms with Crippen molar-refractivity contribution >= 4 is 11.8 Å². The predicted molar refractivity (Wildman–Crippen MR) is 105 cm³/mol. The highest BCUT2D eigenvalue weighted by Gasteiger charge is 2.32. The molecule has 0 aromatic rings. The zero-order valence-corrected chi connectivity index (χ0v) is 16.7. The Balaban J connectivity index is 2.41. The zero-order chi connectivity index (χ0) is 19.4. The molecule has 2 unspecified atom stereocenters. The molecule has 0 aromatic carbocycles. The van der Waals surface area contributed by atoms with E-state index in [0.717, 1.165) is 64.2 Å². The Morgan fingerprint density at radius 3 is 2.58 bits per heavy atom. The van der Waals surface area contributed by atoms with E-state index in [-0.39, 0.29) is 18.3 Å². The molecule has 0 saturated heterocycles. The molecule has 0 bridgehead atoms. The second-order valence-corrected chi connectivity index (χ2v) is 7.81. The number of Topliss-reactive ketones (excluding diaryl/α,β-unsaturated/α-hetero) is 1. The molecule has 2 N–H and O–H groups in total. The summed E-state index contributed by atoms with van der Waals surface area (Å²) in [5, 5.41) is 19.1. The predicted octanol–water partition coefficient (Wildman–Crippen LogP) is 5.14. The fourth-order valence-corrected chi connectivity index (χ4v) is 4.03. The number of carbonyl (C=O) groups excluding carboxylic acids is 1. The van der Waals surface area contributed by atoms with E-state index in [1.54, 1.807) is 0 Å². The topological polar surface area (TPSA) is 74.6 Å². The molecule has 1 fully saturated rings. The highest BCUT2D eigenvalue weighted by atomic mass is 16.4. The lowest BCUT2D eigenvalue weighted by molar-refractivity contribution is -0.137. The van der Waals surface area contributed by atoms with Gasteiger partial charge in [0.25, 0.3) is 0 Å². The van der Waals surface area contributed by atoms with E-state index in [4.69, 9.17) is 5.11 Å². The SMILES string of the molecule is CCCCC(CC)[C@@H](O)/C=C/C1CCC(=O)[C@@H]1CCCCCCC(=O)O. The van der Waals surface area contributed by atoms with Crippen LogP contribution in [0.4, 0.5) is 0 Å². The Morgan fingerprint density at radius 1 is 1.19 bits per heavy atom. The number of aliphatic carboxylic acids is 1. The van der Waals surface area contributed by atoms with Crippen molar-refractivity contribution in [2.24, 2.45) is 17.8 Å². The number of rotatable bonds is 14. The van der Waals surface area contributed by atoms with Crippen molar-refractivity contribution in [1.82, 2.24) is 0 Å². The quantitative estimate of drug-likeness (QED) is 0.330.